The molecule has 1 saturated heterocycles. The van der Waals surface area contributed by atoms with E-state index < -0.39 is 28.3 Å². The van der Waals surface area contributed by atoms with E-state index in [0.717, 1.165) is 5.56 Å². The summed E-state index contributed by atoms with van der Waals surface area (Å²) in [6.07, 6.45) is 0.624. The van der Waals surface area contributed by atoms with Crippen LogP contribution in [-0.4, -0.2) is 33.3 Å². The predicted molar refractivity (Wildman–Crippen MR) is 107 cm³/mol. The van der Waals surface area contributed by atoms with Gasteiger partial charge in [0.1, 0.15) is 0 Å². The van der Waals surface area contributed by atoms with Gasteiger partial charge in [-0.1, -0.05) is 48.5 Å². The number of hydrogen-bond donors (Lipinski definition) is 1. The second-order valence-corrected chi connectivity index (χ2v) is 9.49. The Hall–Kier alpha value is -1.67. The smallest absolute Gasteiger partial charge is 0.399 e. The Morgan fingerprint density at radius 3 is 2.07 bits per heavy atom. The van der Waals surface area contributed by atoms with Crippen LogP contribution >= 0.6 is 0 Å². The maximum Gasteiger partial charge on any atom is 0.496 e. The van der Waals surface area contributed by atoms with Crippen LogP contribution in [0.3, 0.4) is 0 Å². The van der Waals surface area contributed by atoms with Crippen LogP contribution in [-0.2, 0) is 25.8 Å². The van der Waals surface area contributed by atoms with Crippen LogP contribution in [0.15, 0.2) is 59.5 Å². The second kappa shape index (κ2) is 7.39. The average molecular weight is 387 g/mol. The van der Waals surface area contributed by atoms with E-state index in [1.54, 1.807) is 24.3 Å². The number of hydrogen-bond acceptors (Lipinski definition) is 4. The van der Waals surface area contributed by atoms with Gasteiger partial charge in [0.15, 0.2) is 0 Å². The van der Waals surface area contributed by atoms with E-state index in [9.17, 15) is 8.42 Å². The van der Waals surface area contributed by atoms with Gasteiger partial charge in [-0.3, -0.25) is 0 Å². The topological polar surface area (TPSA) is 64.6 Å². The summed E-state index contributed by atoms with van der Waals surface area (Å²) in [5.74, 6) is 0. The van der Waals surface area contributed by atoms with Gasteiger partial charge in [-0.05, 0) is 45.7 Å². The molecule has 0 amide bonds. The first kappa shape index (κ1) is 20.1. The summed E-state index contributed by atoms with van der Waals surface area (Å²) in [7, 11) is -4.41. The highest BCUT2D eigenvalue weighted by Crippen LogP contribution is 2.36. The SMILES string of the molecule is CC1(C)OB(c2ccccc2S(=O)(=O)NCCc2ccccc2)OC1(C)C. The lowest BCUT2D eigenvalue weighted by Gasteiger charge is -2.32. The molecule has 0 atom stereocenters. The minimum atomic E-state index is -3.68. The maximum atomic E-state index is 12.9. The monoisotopic (exact) mass is 387 g/mol. The quantitative estimate of drug-likeness (QED) is 0.774. The largest absolute Gasteiger partial charge is 0.496 e. The molecule has 3 rings (SSSR count). The Kier molecular flexibility index (Phi) is 5.50. The Morgan fingerprint density at radius 1 is 0.889 bits per heavy atom. The summed E-state index contributed by atoms with van der Waals surface area (Å²) in [5.41, 5.74) is 0.535. The molecule has 0 aromatic heterocycles. The lowest BCUT2D eigenvalue weighted by atomic mass is 9.79. The number of sulfonamides is 1. The van der Waals surface area contributed by atoms with Gasteiger partial charge in [0.2, 0.25) is 10.0 Å². The Balaban J connectivity index is 1.79. The number of benzene rings is 2. The first-order chi connectivity index (χ1) is 12.6. The number of rotatable bonds is 6. The molecule has 5 nitrogen and oxygen atoms in total. The van der Waals surface area contributed by atoms with Crippen molar-refractivity contribution in [3.05, 3.63) is 60.2 Å². The van der Waals surface area contributed by atoms with Gasteiger partial charge >= 0.3 is 7.12 Å². The fourth-order valence-corrected chi connectivity index (χ4v) is 4.20. The zero-order valence-corrected chi connectivity index (χ0v) is 17.0. The van der Waals surface area contributed by atoms with Crippen LogP contribution in [0.2, 0.25) is 0 Å². The molecule has 0 unspecified atom stereocenters. The molecule has 27 heavy (non-hydrogen) atoms. The van der Waals surface area contributed by atoms with E-state index in [4.69, 9.17) is 9.31 Å². The minimum Gasteiger partial charge on any atom is -0.399 e. The van der Waals surface area contributed by atoms with Crippen molar-refractivity contribution in [2.24, 2.45) is 0 Å². The zero-order valence-electron chi connectivity index (χ0n) is 16.2. The molecule has 7 heteroatoms. The van der Waals surface area contributed by atoms with Gasteiger partial charge in [-0.15, -0.1) is 0 Å². The fourth-order valence-electron chi connectivity index (χ4n) is 2.94. The zero-order chi connectivity index (χ0) is 19.7. The van der Waals surface area contributed by atoms with E-state index in [-0.39, 0.29) is 4.90 Å². The van der Waals surface area contributed by atoms with Gasteiger partial charge < -0.3 is 9.31 Å². The molecule has 0 bridgehead atoms. The normalized spacial score (nSPS) is 18.6. The highest BCUT2D eigenvalue weighted by atomic mass is 32.2. The van der Waals surface area contributed by atoms with Crippen LogP contribution in [0.5, 0.6) is 0 Å². The maximum absolute atomic E-state index is 12.9. The van der Waals surface area contributed by atoms with Crippen molar-refractivity contribution in [3.8, 4) is 0 Å². The molecule has 144 valence electrons. The van der Waals surface area contributed by atoms with Gasteiger partial charge in [-0.25, -0.2) is 13.1 Å². The van der Waals surface area contributed by atoms with Crippen LogP contribution in [0.4, 0.5) is 0 Å². The third-order valence-electron chi connectivity index (χ3n) is 5.26. The molecular formula is C20H26BNO4S. The second-order valence-electron chi connectivity index (χ2n) is 7.76. The van der Waals surface area contributed by atoms with Crippen molar-refractivity contribution in [1.82, 2.24) is 4.72 Å². The van der Waals surface area contributed by atoms with Crippen LogP contribution in [0, 0.1) is 0 Å². The highest BCUT2D eigenvalue weighted by molar-refractivity contribution is 7.89. The standard InChI is InChI=1S/C20H26BNO4S/c1-19(2)20(3,4)26-21(25-19)17-12-8-9-13-18(17)27(23,24)22-15-14-16-10-6-5-7-11-16/h5-13,22H,14-15H2,1-4H3. The van der Waals surface area contributed by atoms with Gasteiger partial charge in [-0.2, -0.15) is 0 Å². The van der Waals surface area contributed by atoms with E-state index in [1.807, 2.05) is 58.0 Å². The Bertz CT molecular complexity index is 881. The van der Waals surface area contributed by atoms with Crippen molar-refractivity contribution >= 4 is 22.6 Å². The number of nitrogens with one attached hydrogen (secondary N) is 1. The molecule has 0 aliphatic carbocycles. The summed E-state index contributed by atoms with van der Waals surface area (Å²) in [6, 6.07) is 16.6. The molecule has 1 heterocycles. The highest BCUT2D eigenvalue weighted by Gasteiger charge is 2.52. The molecule has 0 radical (unpaired) electrons. The van der Waals surface area contributed by atoms with E-state index in [0.29, 0.717) is 18.4 Å². The van der Waals surface area contributed by atoms with Crippen molar-refractivity contribution < 1.29 is 17.7 Å². The summed E-state index contributed by atoms with van der Waals surface area (Å²) in [5, 5.41) is 0. The molecule has 1 aliphatic heterocycles. The van der Waals surface area contributed by atoms with E-state index in [1.165, 1.54) is 0 Å². The van der Waals surface area contributed by atoms with Crippen LogP contribution in [0.25, 0.3) is 0 Å². The van der Waals surface area contributed by atoms with Gasteiger partial charge in [0, 0.05) is 12.0 Å². The van der Waals surface area contributed by atoms with Crippen molar-refractivity contribution in [2.75, 3.05) is 6.54 Å². The van der Waals surface area contributed by atoms with Crippen LogP contribution < -0.4 is 10.2 Å². The third kappa shape index (κ3) is 4.27. The molecule has 0 saturated carbocycles. The van der Waals surface area contributed by atoms with E-state index in [2.05, 4.69) is 4.72 Å². The lowest BCUT2D eigenvalue weighted by Crippen LogP contribution is -2.41. The molecule has 0 spiro atoms. The lowest BCUT2D eigenvalue weighted by molar-refractivity contribution is 0.00578. The minimum absolute atomic E-state index is 0.191. The average Bonchev–Trinajstić information content (AvgIpc) is 2.83. The molecule has 2 aromatic carbocycles. The first-order valence-corrected chi connectivity index (χ1v) is 10.6. The molecule has 2 aromatic rings. The van der Waals surface area contributed by atoms with Gasteiger partial charge in [0.25, 0.3) is 0 Å². The fraction of sp³-hybridized carbons (Fsp3) is 0.400. The Labute approximate surface area is 162 Å². The molecule has 1 aliphatic rings. The first-order valence-electron chi connectivity index (χ1n) is 9.11. The summed E-state index contributed by atoms with van der Waals surface area (Å²) >= 11 is 0. The van der Waals surface area contributed by atoms with Crippen LogP contribution in [0.1, 0.15) is 33.3 Å². The van der Waals surface area contributed by atoms with Crippen molar-refractivity contribution in [3.63, 3.8) is 0 Å². The summed E-state index contributed by atoms with van der Waals surface area (Å²) in [6.45, 7) is 8.11. The summed E-state index contributed by atoms with van der Waals surface area (Å²) < 4.78 is 40.6. The third-order valence-corrected chi connectivity index (χ3v) is 6.80. The summed E-state index contributed by atoms with van der Waals surface area (Å²) in [4.78, 5) is 0.191. The molecule has 1 N–H and O–H groups in total. The van der Waals surface area contributed by atoms with E-state index >= 15 is 0 Å². The van der Waals surface area contributed by atoms with Crippen molar-refractivity contribution in [1.29, 1.82) is 0 Å². The Morgan fingerprint density at radius 2 is 1.44 bits per heavy atom. The van der Waals surface area contributed by atoms with Crippen molar-refractivity contribution in [2.45, 2.75) is 50.2 Å². The predicted octanol–water partition coefficient (Wildman–Crippen LogP) is 2.51. The van der Waals surface area contributed by atoms with Gasteiger partial charge in [0.05, 0.1) is 16.1 Å². The molecular weight excluding hydrogens is 361 g/mol. The molecule has 1 fully saturated rings.